The molecule has 3 nitrogen and oxygen atoms in total. The molecule has 0 aliphatic heterocycles. The number of nitrogens with zero attached hydrogens (tertiary/aromatic N) is 2. The van der Waals surface area contributed by atoms with E-state index in [1.54, 1.807) is 6.20 Å². The number of H-pyrrole nitrogens is 1. The van der Waals surface area contributed by atoms with Crippen molar-refractivity contribution in [3.8, 4) is 22.5 Å². The zero-order valence-corrected chi connectivity index (χ0v) is 11.7. The maximum absolute atomic E-state index is 4.56. The van der Waals surface area contributed by atoms with E-state index in [-0.39, 0.29) is 0 Å². The van der Waals surface area contributed by atoms with E-state index < -0.39 is 0 Å². The van der Waals surface area contributed by atoms with Crippen LogP contribution >= 0.6 is 0 Å². The van der Waals surface area contributed by atoms with Crippen LogP contribution in [0.3, 0.4) is 0 Å². The lowest BCUT2D eigenvalue weighted by atomic mass is 9.97. The zero-order chi connectivity index (χ0) is 13.9. The van der Waals surface area contributed by atoms with Gasteiger partial charge in [0.05, 0.1) is 11.4 Å². The third-order valence-corrected chi connectivity index (χ3v) is 3.43. The van der Waals surface area contributed by atoms with Crippen LogP contribution in [0.4, 0.5) is 0 Å². The molecule has 2 aromatic heterocycles. The fraction of sp³-hybridized carbons (Fsp3) is 0.176. The van der Waals surface area contributed by atoms with Crippen LogP contribution in [0.2, 0.25) is 0 Å². The Balaban J connectivity index is 2.13. The fourth-order valence-corrected chi connectivity index (χ4v) is 2.30. The zero-order valence-electron chi connectivity index (χ0n) is 11.7. The summed E-state index contributed by atoms with van der Waals surface area (Å²) in [4.78, 5) is 4.56. The first-order valence-corrected chi connectivity index (χ1v) is 6.81. The van der Waals surface area contributed by atoms with Gasteiger partial charge in [0.2, 0.25) is 0 Å². The highest BCUT2D eigenvalue weighted by Gasteiger charge is 2.10. The van der Waals surface area contributed by atoms with E-state index in [1.165, 1.54) is 5.56 Å². The summed E-state index contributed by atoms with van der Waals surface area (Å²) in [5, 5.41) is 7.04. The van der Waals surface area contributed by atoms with Crippen LogP contribution in [-0.2, 0) is 0 Å². The first-order chi connectivity index (χ1) is 9.75. The lowest BCUT2D eigenvalue weighted by Gasteiger charge is -2.10. The smallest absolute Gasteiger partial charge is 0.0795 e. The standard InChI is InChI=1S/C17H17N3/c1-12(2)13-5-3-6-14(11-13)17-15(7-4-9-18-17)16-8-10-19-20-16/h3-12H,1-2H3,(H,19,20). The lowest BCUT2D eigenvalue weighted by Crippen LogP contribution is -1.92. The molecular weight excluding hydrogens is 246 g/mol. The molecule has 0 fully saturated rings. The van der Waals surface area contributed by atoms with E-state index in [4.69, 9.17) is 0 Å². The predicted octanol–water partition coefficient (Wildman–Crippen LogP) is 4.26. The molecular formula is C17H17N3. The molecule has 0 aliphatic carbocycles. The van der Waals surface area contributed by atoms with Crippen LogP contribution in [0.5, 0.6) is 0 Å². The van der Waals surface area contributed by atoms with Crippen LogP contribution in [0.15, 0.2) is 54.9 Å². The van der Waals surface area contributed by atoms with E-state index in [9.17, 15) is 0 Å². The predicted molar refractivity (Wildman–Crippen MR) is 81.3 cm³/mol. The quantitative estimate of drug-likeness (QED) is 0.767. The summed E-state index contributed by atoms with van der Waals surface area (Å²) in [6.07, 6.45) is 3.59. The Morgan fingerprint density at radius 2 is 1.90 bits per heavy atom. The Kier molecular flexibility index (Phi) is 3.33. The highest BCUT2D eigenvalue weighted by molar-refractivity contribution is 5.78. The minimum absolute atomic E-state index is 0.509. The molecule has 3 aromatic rings. The average Bonchev–Trinajstić information content (AvgIpc) is 3.01. The number of hydrogen-bond donors (Lipinski definition) is 1. The molecule has 20 heavy (non-hydrogen) atoms. The normalized spacial score (nSPS) is 10.9. The molecule has 0 atom stereocenters. The van der Waals surface area contributed by atoms with Crippen molar-refractivity contribution >= 4 is 0 Å². The Morgan fingerprint density at radius 3 is 2.65 bits per heavy atom. The van der Waals surface area contributed by atoms with E-state index in [0.717, 1.165) is 22.5 Å². The monoisotopic (exact) mass is 263 g/mol. The molecule has 0 saturated heterocycles. The van der Waals surface area contributed by atoms with Crippen molar-refractivity contribution in [2.45, 2.75) is 19.8 Å². The van der Waals surface area contributed by atoms with Crippen molar-refractivity contribution in [2.75, 3.05) is 0 Å². The number of rotatable bonds is 3. The van der Waals surface area contributed by atoms with Gasteiger partial charge in [-0.15, -0.1) is 0 Å². The minimum atomic E-state index is 0.509. The van der Waals surface area contributed by atoms with Crippen LogP contribution in [0, 0.1) is 0 Å². The topological polar surface area (TPSA) is 41.6 Å². The van der Waals surface area contributed by atoms with E-state index in [2.05, 4.69) is 59.4 Å². The number of aromatic amines is 1. The highest BCUT2D eigenvalue weighted by atomic mass is 15.1. The van der Waals surface area contributed by atoms with Crippen molar-refractivity contribution in [2.24, 2.45) is 0 Å². The molecule has 0 saturated carbocycles. The summed E-state index contributed by atoms with van der Waals surface area (Å²) in [5.74, 6) is 0.509. The van der Waals surface area contributed by atoms with Gasteiger partial charge in [0, 0.05) is 23.5 Å². The third kappa shape index (κ3) is 2.35. The third-order valence-electron chi connectivity index (χ3n) is 3.43. The van der Waals surface area contributed by atoms with E-state index >= 15 is 0 Å². The van der Waals surface area contributed by atoms with E-state index in [1.807, 2.05) is 18.3 Å². The van der Waals surface area contributed by atoms with Gasteiger partial charge >= 0.3 is 0 Å². The number of pyridine rings is 1. The molecule has 2 heterocycles. The molecule has 0 unspecified atom stereocenters. The van der Waals surface area contributed by atoms with Crippen LogP contribution < -0.4 is 0 Å². The van der Waals surface area contributed by atoms with Gasteiger partial charge in [0.25, 0.3) is 0 Å². The SMILES string of the molecule is CC(C)c1cccc(-c2ncccc2-c2ccn[nH]2)c1. The van der Waals surface area contributed by atoms with Gasteiger partial charge in [0.15, 0.2) is 0 Å². The minimum Gasteiger partial charge on any atom is -0.278 e. The second-order valence-electron chi connectivity index (χ2n) is 5.15. The van der Waals surface area contributed by atoms with Gasteiger partial charge < -0.3 is 0 Å². The molecule has 0 amide bonds. The summed E-state index contributed by atoms with van der Waals surface area (Å²) >= 11 is 0. The molecule has 0 bridgehead atoms. The summed E-state index contributed by atoms with van der Waals surface area (Å²) < 4.78 is 0. The molecule has 3 heteroatoms. The first-order valence-electron chi connectivity index (χ1n) is 6.81. The average molecular weight is 263 g/mol. The number of nitrogens with one attached hydrogen (secondary N) is 1. The molecule has 3 rings (SSSR count). The van der Waals surface area contributed by atoms with Crippen molar-refractivity contribution < 1.29 is 0 Å². The number of benzene rings is 1. The lowest BCUT2D eigenvalue weighted by molar-refractivity contribution is 0.867. The Morgan fingerprint density at radius 1 is 1.00 bits per heavy atom. The second-order valence-corrected chi connectivity index (χ2v) is 5.15. The Hall–Kier alpha value is -2.42. The van der Waals surface area contributed by atoms with Gasteiger partial charge in [-0.3, -0.25) is 10.1 Å². The Bertz CT molecular complexity index is 700. The van der Waals surface area contributed by atoms with Crippen molar-refractivity contribution in [3.05, 3.63) is 60.4 Å². The van der Waals surface area contributed by atoms with Gasteiger partial charge in [-0.1, -0.05) is 32.0 Å². The fourth-order valence-electron chi connectivity index (χ4n) is 2.30. The summed E-state index contributed by atoms with van der Waals surface area (Å²) in [6.45, 7) is 4.40. The van der Waals surface area contributed by atoms with Crippen molar-refractivity contribution in [1.29, 1.82) is 0 Å². The first kappa shape index (κ1) is 12.6. The number of hydrogen-bond acceptors (Lipinski definition) is 2. The summed E-state index contributed by atoms with van der Waals surface area (Å²) in [6, 6.07) is 14.6. The molecule has 0 radical (unpaired) electrons. The van der Waals surface area contributed by atoms with Crippen molar-refractivity contribution in [3.63, 3.8) is 0 Å². The molecule has 0 spiro atoms. The molecule has 1 aromatic carbocycles. The Labute approximate surface area is 118 Å². The van der Waals surface area contributed by atoms with Crippen LogP contribution in [0.1, 0.15) is 25.3 Å². The second kappa shape index (κ2) is 5.29. The van der Waals surface area contributed by atoms with Gasteiger partial charge in [0.1, 0.15) is 0 Å². The van der Waals surface area contributed by atoms with Crippen LogP contribution in [-0.4, -0.2) is 15.2 Å². The van der Waals surface area contributed by atoms with Gasteiger partial charge in [-0.2, -0.15) is 5.10 Å². The highest BCUT2D eigenvalue weighted by Crippen LogP contribution is 2.30. The van der Waals surface area contributed by atoms with Crippen molar-refractivity contribution in [1.82, 2.24) is 15.2 Å². The maximum Gasteiger partial charge on any atom is 0.0795 e. The molecule has 1 N–H and O–H groups in total. The summed E-state index contributed by atoms with van der Waals surface area (Å²) in [5.41, 5.74) is 5.51. The molecule has 0 aliphatic rings. The number of aromatic nitrogens is 3. The van der Waals surface area contributed by atoms with Gasteiger partial charge in [-0.25, -0.2) is 0 Å². The summed E-state index contributed by atoms with van der Waals surface area (Å²) in [7, 11) is 0. The van der Waals surface area contributed by atoms with E-state index in [0.29, 0.717) is 5.92 Å². The maximum atomic E-state index is 4.56. The van der Waals surface area contributed by atoms with Crippen LogP contribution in [0.25, 0.3) is 22.5 Å². The van der Waals surface area contributed by atoms with Gasteiger partial charge in [-0.05, 0) is 35.7 Å². The molecule has 100 valence electrons. The largest absolute Gasteiger partial charge is 0.278 e.